The highest BCUT2D eigenvalue weighted by Gasteiger charge is 2.25. The van der Waals surface area contributed by atoms with Gasteiger partial charge >= 0.3 is 5.69 Å². The minimum atomic E-state index is -0.236. The first-order chi connectivity index (χ1) is 11.2. The number of hydrogen-bond donors (Lipinski definition) is 2. The third-order valence-electron chi connectivity index (χ3n) is 4.55. The van der Waals surface area contributed by atoms with Gasteiger partial charge in [0.1, 0.15) is 18.0 Å². The Balaban J connectivity index is 1.60. The number of fused-ring (bicyclic) bond motifs is 1. The lowest BCUT2D eigenvalue weighted by atomic mass is 9.96. The standard InChI is InChI=1S/C16H18N6O/c1-10-3-2-4-12-13(10)15(18-9-17-12)22-7-5-11(6-8-22)14-19-16(23)21-20-14/h2-4,9,11H,5-8H2,1H3,(H2,19,20,21,23). The fourth-order valence-corrected chi connectivity index (χ4v) is 3.34. The van der Waals surface area contributed by atoms with E-state index in [2.05, 4.69) is 43.0 Å². The molecule has 3 aromatic rings. The van der Waals surface area contributed by atoms with Crippen LogP contribution in [0.3, 0.4) is 0 Å². The van der Waals surface area contributed by atoms with Crippen LogP contribution in [0.1, 0.15) is 30.1 Å². The molecule has 118 valence electrons. The number of benzene rings is 1. The van der Waals surface area contributed by atoms with Crippen molar-refractivity contribution in [2.75, 3.05) is 18.0 Å². The number of nitrogens with zero attached hydrogens (tertiary/aromatic N) is 4. The molecule has 1 aliphatic rings. The number of anilines is 1. The van der Waals surface area contributed by atoms with Crippen molar-refractivity contribution >= 4 is 16.7 Å². The summed E-state index contributed by atoms with van der Waals surface area (Å²) in [5, 5.41) is 7.64. The summed E-state index contributed by atoms with van der Waals surface area (Å²) in [5.41, 5.74) is 1.94. The second-order valence-electron chi connectivity index (χ2n) is 5.99. The number of nitrogens with one attached hydrogen (secondary N) is 2. The van der Waals surface area contributed by atoms with Gasteiger partial charge in [-0.25, -0.2) is 19.9 Å². The first-order valence-corrected chi connectivity index (χ1v) is 7.82. The van der Waals surface area contributed by atoms with E-state index in [4.69, 9.17) is 0 Å². The van der Waals surface area contributed by atoms with Gasteiger partial charge < -0.3 is 4.90 Å². The van der Waals surface area contributed by atoms with Crippen molar-refractivity contribution in [2.45, 2.75) is 25.7 Å². The highest BCUT2D eigenvalue weighted by molar-refractivity contribution is 5.92. The Morgan fingerprint density at radius 2 is 2.04 bits per heavy atom. The van der Waals surface area contributed by atoms with Crippen molar-refractivity contribution in [3.63, 3.8) is 0 Å². The molecule has 2 aromatic heterocycles. The van der Waals surface area contributed by atoms with Gasteiger partial charge in [-0.3, -0.25) is 4.98 Å². The molecule has 7 nitrogen and oxygen atoms in total. The summed E-state index contributed by atoms with van der Waals surface area (Å²) in [4.78, 5) is 25.2. The van der Waals surface area contributed by atoms with E-state index in [0.29, 0.717) is 5.92 Å². The van der Waals surface area contributed by atoms with Crippen molar-refractivity contribution in [3.8, 4) is 0 Å². The largest absolute Gasteiger partial charge is 0.356 e. The molecular formula is C16H18N6O. The van der Waals surface area contributed by atoms with E-state index in [-0.39, 0.29) is 5.69 Å². The van der Waals surface area contributed by atoms with Crippen LogP contribution in [-0.4, -0.2) is 38.2 Å². The van der Waals surface area contributed by atoms with E-state index in [1.54, 1.807) is 6.33 Å². The Morgan fingerprint density at radius 1 is 1.22 bits per heavy atom. The zero-order valence-electron chi connectivity index (χ0n) is 12.9. The van der Waals surface area contributed by atoms with E-state index < -0.39 is 0 Å². The Morgan fingerprint density at radius 3 is 2.78 bits per heavy atom. The maximum atomic E-state index is 11.2. The Bertz CT molecular complexity index is 885. The zero-order chi connectivity index (χ0) is 15.8. The minimum absolute atomic E-state index is 0.236. The summed E-state index contributed by atoms with van der Waals surface area (Å²) in [7, 11) is 0. The van der Waals surface area contributed by atoms with E-state index in [9.17, 15) is 4.79 Å². The number of aryl methyl sites for hydroxylation is 1. The molecule has 1 aromatic carbocycles. The minimum Gasteiger partial charge on any atom is -0.356 e. The second kappa shape index (κ2) is 5.49. The average molecular weight is 310 g/mol. The molecule has 0 aliphatic carbocycles. The van der Waals surface area contributed by atoms with Gasteiger partial charge in [0.15, 0.2) is 0 Å². The summed E-state index contributed by atoms with van der Waals surface area (Å²) < 4.78 is 0. The zero-order valence-corrected chi connectivity index (χ0v) is 12.9. The molecule has 1 aliphatic heterocycles. The molecule has 0 amide bonds. The van der Waals surface area contributed by atoms with Crippen LogP contribution in [0.25, 0.3) is 10.9 Å². The highest BCUT2D eigenvalue weighted by Crippen LogP contribution is 2.31. The molecule has 0 bridgehead atoms. The van der Waals surface area contributed by atoms with Crippen molar-refractivity contribution < 1.29 is 0 Å². The second-order valence-corrected chi connectivity index (χ2v) is 5.99. The number of aromatic nitrogens is 5. The van der Waals surface area contributed by atoms with Crippen LogP contribution in [0.4, 0.5) is 5.82 Å². The van der Waals surface area contributed by atoms with E-state index in [0.717, 1.165) is 48.5 Å². The third-order valence-corrected chi connectivity index (χ3v) is 4.55. The van der Waals surface area contributed by atoms with Gasteiger partial charge in [-0.2, -0.15) is 5.10 Å². The molecule has 0 unspecified atom stereocenters. The predicted octanol–water partition coefficient (Wildman–Crippen LogP) is 1.73. The third kappa shape index (κ3) is 2.48. The molecule has 0 spiro atoms. The normalized spacial score (nSPS) is 16.1. The maximum absolute atomic E-state index is 11.2. The average Bonchev–Trinajstić information content (AvgIpc) is 3.01. The van der Waals surface area contributed by atoms with Crippen LogP contribution in [0.2, 0.25) is 0 Å². The topological polar surface area (TPSA) is 90.6 Å². The van der Waals surface area contributed by atoms with Crippen molar-refractivity contribution in [1.82, 2.24) is 25.1 Å². The van der Waals surface area contributed by atoms with Gasteiger partial charge in [-0.15, -0.1) is 0 Å². The van der Waals surface area contributed by atoms with E-state index in [1.807, 2.05) is 12.1 Å². The summed E-state index contributed by atoms with van der Waals surface area (Å²) in [6, 6.07) is 6.14. The van der Waals surface area contributed by atoms with Crippen molar-refractivity contribution in [3.05, 3.63) is 46.4 Å². The van der Waals surface area contributed by atoms with Crippen molar-refractivity contribution in [1.29, 1.82) is 0 Å². The molecule has 1 fully saturated rings. The quantitative estimate of drug-likeness (QED) is 0.752. The van der Waals surface area contributed by atoms with Gasteiger partial charge in [0.25, 0.3) is 0 Å². The lowest BCUT2D eigenvalue weighted by molar-refractivity contribution is 0.485. The Kier molecular flexibility index (Phi) is 3.33. The lowest BCUT2D eigenvalue weighted by Crippen LogP contribution is -2.34. The van der Waals surface area contributed by atoms with Crippen LogP contribution >= 0.6 is 0 Å². The maximum Gasteiger partial charge on any atom is 0.340 e. The monoisotopic (exact) mass is 310 g/mol. The van der Waals surface area contributed by atoms with E-state index in [1.165, 1.54) is 5.56 Å². The number of H-pyrrole nitrogens is 2. The Hall–Kier alpha value is -2.70. The fourth-order valence-electron chi connectivity index (χ4n) is 3.34. The summed E-state index contributed by atoms with van der Waals surface area (Å²) >= 11 is 0. The van der Waals surface area contributed by atoms with Gasteiger partial charge in [0, 0.05) is 24.4 Å². The molecule has 4 rings (SSSR count). The van der Waals surface area contributed by atoms with Crippen molar-refractivity contribution in [2.24, 2.45) is 0 Å². The smallest absolute Gasteiger partial charge is 0.340 e. The molecule has 3 heterocycles. The highest BCUT2D eigenvalue weighted by atomic mass is 16.1. The fraction of sp³-hybridized carbons (Fsp3) is 0.375. The lowest BCUT2D eigenvalue weighted by Gasteiger charge is -2.32. The number of hydrogen-bond acceptors (Lipinski definition) is 5. The summed E-state index contributed by atoms with van der Waals surface area (Å²) in [6.45, 7) is 3.87. The van der Waals surface area contributed by atoms with Gasteiger partial charge in [0.05, 0.1) is 5.52 Å². The molecule has 0 atom stereocenters. The Labute approximate surface area is 132 Å². The van der Waals surface area contributed by atoms with Gasteiger partial charge in [-0.1, -0.05) is 12.1 Å². The molecule has 1 saturated heterocycles. The number of rotatable bonds is 2. The summed E-state index contributed by atoms with van der Waals surface area (Å²) in [6.07, 6.45) is 3.52. The first kappa shape index (κ1) is 13.9. The molecule has 2 N–H and O–H groups in total. The van der Waals surface area contributed by atoms with Crippen LogP contribution in [-0.2, 0) is 0 Å². The number of aromatic amines is 2. The van der Waals surface area contributed by atoms with Crippen LogP contribution in [0, 0.1) is 6.92 Å². The van der Waals surface area contributed by atoms with Gasteiger partial charge in [-0.05, 0) is 31.4 Å². The van der Waals surface area contributed by atoms with Crippen LogP contribution < -0.4 is 10.6 Å². The summed E-state index contributed by atoms with van der Waals surface area (Å²) in [5.74, 6) is 2.06. The van der Waals surface area contributed by atoms with Crippen LogP contribution in [0.15, 0.2) is 29.3 Å². The van der Waals surface area contributed by atoms with E-state index >= 15 is 0 Å². The molecular weight excluding hydrogens is 292 g/mol. The van der Waals surface area contributed by atoms with Gasteiger partial charge in [0.2, 0.25) is 0 Å². The molecule has 0 saturated carbocycles. The molecule has 7 heteroatoms. The number of piperidine rings is 1. The predicted molar refractivity (Wildman–Crippen MR) is 87.7 cm³/mol. The van der Waals surface area contributed by atoms with Crippen LogP contribution in [0.5, 0.6) is 0 Å². The molecule has 23 heavy (non-hydrogen) atoms. The molecule has 0 radical (unpaired) electrons. The first-order valence-electron chi connectivity index (χ1n) is 7.82. The SMILES string of the molecule is Cc1cccc2ncnc(N3CCC(c4n[nH]c(=O)[nH]4)CC3)c12.